The number of benzene rings is 7. The lowest BCUT2D eigenvalue weighted by atomic mass is 9.12. The SMILES string of the molecule is Fc1c(F)c(F)c([B-](c2c(F)c(F)c(F)c(F)c2F)(c2c(F)c(F)c(F)c(F)c2F)c2c(F)c(F)c(F)c(F)c2F)c(F)c1F.c1ccc2c[n+](Cc3cccc4ccccc34)ccc2c1. The molecule has 0 aliphatic heterocycles. The van der Waals surface area contributed by atoms with E-state index in [4.69, 9.17) is 0 Å². The Bertz CT molecular complexity index is 2920. The summed E-state index contributed by atoms with van der Waals surface area (Å²) in [6.45, 7) is 0.895. The maximum atomic E-state index is 15.4. The van der Waals surface area contributed by atoms with Crippen LogP contribution in [-0.4, -0.2) is 6.15 Å². The summed E-state index contributed by atoms with van der Waals surface area (Å²) in [6, 6.07) is 25.8. The molecule has 1 nitrogen and oxygen atoms in total. The zero-order valence-electron chi connectivity index (χ0n) is 31.9. The van der Waals surface area contributed by atoms with Crippen LogP contribution in [0.3, 0.4) is 0 Å². The lowest BCUT2D eigenvalue weighted by Crippen LogP contribution is -2.81. The fourth-order valence-electron chi connectivity index (χ4n) is 7.78. The zero-order chi connectivity index (χ0) is 48.4. The van der Waals surface area contributed by atoms with Crippen LogP contribution in [0.4, 0.5) is 87.8 Å². The minimum absolute atomic E-state index is 0.895. The molecule has 0 aliphatic rings. The van der Waals surface area contributed by atoms with Gasteiger partial charge in [0.2, 0.25) is 0 Å². The van der Waals surface area contributed by atoms with E-state index in [9.17, 15) is 52.7 Å². The molecule has 0 spiro atoms. The van der Waals surface area contributed by atoms with Gasteiger partial charge in [0.15, 0.2) is 88.7 Å². The van der Waals surface area contributed by atoms with Crippen molar-refractivity contribution in [3.8, 4) is 0 Å². The highest BCUT2D eigenvalue weighted by molar-refractivity contribution is 7.20. The molecule has 1 heterocycles. The molecule has 0 radical (unpaired) electrons. The summed E-state index contributed by atoms with van der Waals surface area (Å²) in [7, 11) is 0. The van der Waals surface area contributed by atoms with E-state index in [1.165, 1.54) is 27.1 Å². The van der Waals surface area contributed by atoms with Gasteiger partial charge in [0.1, 0.15) is 52.7 Å². The molecule has 0 N–H and O–H groups in total. The Balaban J connectivity index is 0.000000254. The molecule has 0 bridgehead atoms. The van der Waals surface area contributed by atoms with Crippen LogP contribution in [0, 0.1) is 116 Å². The summed E-state index contributed by atoms with van der Waals surface area (Å²) >= 11 is 0. The van der Waals surface area contributed by atoms with Gasteiger partial charge in [0, 0.05) is 17.0 Å². The van der Waals surface area contributed by atoms with E-state index in [1.54, 1.807) is 0 Å². The highest BCUT2D eigenvalue weighted by atomic mass is 19.2. The van der Waals surface area contributed by atoms with Crippen molar-refractivity contribution in [2.75, 3.05) is 0 Å². The largest absolute Gasteiger partial charge is 0.207 e. The van der Waals surface area contributed by atoms with Crippen LogP contribution in [0.2, 0.25) is 0 Å². The first-order valence-electron chi connectivity index (χ1n) is 18.2. The van der Waals surface area contributed by atoms with Gasteiger partial charge in [-0.05, 0) is 22.2 Å². The first-order valence-corrected chi connectivity index (χ1v) is 18.2. The monoisotopic (exact) mass is 949 g/mol. The van der Waals surface area contributed by atoms with Crippen LogP contribution in [0.5, 0.6) is 0 Å². The minimum Gasteiger partial charge on any atom is -0.207 e. The molecule has 1 aromatic heterocycles. The van der Waals surface area contributed by atoms with E-state index in [-0.39, 0.29) is 0 Å². The molecule has 0 fully saturated rings. The third kappa shape index (κ3) is 7.12. The van der Waals surface area contributed by atoms with Crippen molar-refractivity contribution in [1.29, 1.82) is 0 Å². The van der Waals surface area contributed by atoms with Crippen LogP contribution in [-0.2, 0) is 6.54 Å². The van der Waals surface area contributed by atoms with Crippen molar-refractivity contribution in [1.82, 2.24) is 0 Å². The zero-order valence-corrected chi connectivity index (χ0v) is 31.9. The van der Waals surface area contributed by atoms with Gasteiger partial charge in [-0.1, -0.05) is 60.7 Å². The van der Waals surface area contributed by atoms with Crippen molar-refractivity contribution in [3.05, 3.63) is 207 Å². The first-order chi connectivity index (χ1) is 31.1. The van der Waals surface area contributed by atoms with Gasteiger partial charge in [-0.3, -0.25) is 0 Å². The fourth-order valence-corrected chi connectivity index (χ4v) is 7.78. The number of halogens is 20. The van der Waals surface area contributed by atoms with Gasteiger partial charge in [0.05, 0.1) is 0 Å². The maximum absolute atomic E-state index is 15.4. The molecule has 0 amide bonds. The predicted molar refractivity (Wildman–Crippen MR) is 196 cm³/mol. The van der Waals surface area contributed by atoms with Gasteiger partial charge in [0.25, 0.3) is 0 Å². The van der Waals surface area contributed by atoms with E-state index in [1.807, 2.05) is 0 Å². The quantitative estimate of drug-likeness (QED) is 0.0514. The molecule has 7 aromatic carbocycles. The number of nitrogens with zero attached hydrogens (tertiary/aromatic N) is 1. The van der Waals surface area contributed by atoms with Crippen molar-refractivity contribution in [2.45, 2.75) is 6.54 Å². The normalized spacial score (nSPS) is 11.7. The van der Waals surface area contributed by atoms with Gasteiger partial charge in [-0.15, -0.1) is 21.9 Å². The topological polar surface area (TPSA) is 3.88 Å². The van der Waals surface area contributed by atoms with Crippen molar-refractivity contribution in [2.24, 2.45) is 0 Å². The second kappa shape index (κ2) is 17.4. The summed E-state index contributed by atoms with van der Waals surface area (Å²) in [4.78, 5) is 0. The predicted octanol–water partition coefficient (Wildman–Crippen LogP) is 10.2. The Morgan fingerprint density at radius 2 is 0.576 bits per heavy atom. The van der Waals surface area contributed by atoms with E-state index >= 15 is 35.1 Å². The molecule has 0 aliphatic carbocycles. The van der Waals surface area contributed by atoms with Crippen LogP contribution < -0.4 is 26.4 Å². The average molecular weight is 949 g/mol. The molecule has 0 saturated carbocycles. The lowest BCUT2D eigenvalue weighted by Gasteiger charge is -2.44. The number of hydrogen-bond donors (Lipinski definition) is 0. The second-order valence-corrected chi connectivity index (χ2v) is 14.2. The summed E-state index contributed by atoms with van der Waals surface area (Å²) in [5, 5.41) is 5.20. The summed E-state index contributed by atoms with van der Waals surface area (Å²) in [5.41, 5.74) is -13.0. The summed E-state index contributed by atoms with van der Waals surface area (Å²) in [5.74, 6) is -71.4. The molecule has 0 unspecified atom stereocenters. The number of rotatable bonds is 6. The van der Waals surface area contributed by atoms with Crippen molar-refractivity contribution in [3.63, 3.8) is 0 Å². The molecule has 66 heavy (non-hydrogen) atoms. The highest BCUT2D eigenvalue weighted by Gasteiger charge is 2.52. The smallest absolute Gasteiger partial charge is 0.200 e. The number of aromatic nitrogens is 1. The van der Waals surface area contributed by atoms with Crippen LogP contribution in [0.25, 0.3) is 21.5 Å². The number of pyridine rings is 1. The van der Waals surface area contributed by atoms with Gasteiger partial charge in [-0.25, -0.2) is 92.4 Å². The Kier molecular flexibility index (Phi) is 12.3. The third-order valence-corrected chi connectivity index (χ3v) is 10.7. The Labute approximate surface area is 355 Å². The maximum Gasteiger partial charge on any atom is 0.200 e. The summed E-state index contributed by atoms with van der Waals surface area (Å²) in [6.07, 6.45) is -2.84. The van der Waals surface area contributed by atoms with E-state index in [0.29, 0.717) is 0 Å². The van der Waals surface area contributed by atoms with Crippen LogP contribution in [0.15, 0.2) is 85.2 Å². The van der Waals surface area contributed by atoms with Crippen molar-refractivity contribution >= 4 is 49.5 Å². The molecule has 0 atom stereocenters. The van der Waals surface area contributed by atoms with E-state index in [2.05, 4.69) is 89.8 Å². The number of fused-ring (bicyclic) bond motifs is 2. The Hall–Kier alpha value is -7.13. The average Bonchev–Trinajstić information content (AvgIpc) is 3.31. The summed E-state index contributed by atoms with van der Waals surface area (Å²) < 4.78 is 296. The minimum atomic E-state index is -7.22. The third-order valence-electron chi connectivity index (χ3n) is 10.7. The van der Waals surface area contributed by atoms with Gasteiger partial charge in [-0.2, -0.15) is 0 Å². The molecular formula is C44H16BF20N. The van der Waals surface area contributed by atoms with E-state index in [0.717, 1.165) is 6.54 Å². The van der Waals surface area contributed by atoms with Crippen LogP contribution >= 0.6 is 0 Å². The van der Waals surface area contributed by atoms with Crippen molar-refractivity contribution < 1.29 is 92.4 Å². The molecule has 0 saturated heterocycles. The number of hydrogen-bond acceptors (Lipinski definition) is 0. The standard InChI is InChI=1S/C24BF20.C20H16N/c26-5-1(6(27)14(35)21(42)13(5)34)25(2-7(28)15(36)22(43)16(37)8(2)29,3-9(30)17(38)23(44)18(39)10(3)31)4-11(32)19(40)24(45)20(41)12(4)33;1-2-8-18-14-21(13-12-16(18)6-1)15-19-10-5-9-17-7-3-4-11-20(17)19/h;1-14H,15H2/q-1;+1. The van der Waals surface area contributed by atoms with E-state index < -0.39 is 144 Å². The molecule has 340 valence electrons. The highest BCUT2D eigenvalue weighted by Crippen LogP contribution is 2.31. The van der Waals surface area contributed by atoms with Gasteiger partial charge >= 0.3 is 0 Å². The van der Waals surface area contributed by atoms with Crippen LogP contribution in [0.1, 0.15) is 5.56 Å². The Morgan fingerprint density at radius 3 is 0.939 bits per heavy atom. The molecule has 22 heteroatoms. The Morgan fingerprint density at radius 1 is 0.288 bits per heavy atom. The molecular weight excluding hydrogens is 933 g/mol. The fraction of sp³-hybridized carbons (Fsp3) is 0.0227. The molecule has 8 aromatic rings. The lowest BCUT2D eigenvalue weighted by molar-refractivity contribution is -0.686. The first kappa shape index (κ1) is 46.9. The van der Waals surface area contributed by atoms with Gasteiger partial charge < -0.3 is 0 Å². The molecule has 8 rings (SSSR count). The second-order valence-electron chi connectivity index (χ2n) is 14.2.